The molecule has 2 aromatic rings. The van der Waals surface area contributed by atoms with Crippen molar-refractivity contribution in [2.45, 2.75) is 38.4 Å². The van der Waals surface area contributed by atoms with Crippen molar-refractivity contribution >= 4 is 0 Å². The molecular weight excluding hydrogens is 370 g/mol. The highest BCUT2D eigenvalue weighted by atomic mass is 16.5. The van der Waals surface area contributed by atoms with Crippen molar-refractivity contribution in [1.29, 1.82) is 0 Å². The standard InChI is InChI=1S/C23H29NO5/c1-13-7-14-9-19(25-2)20(26-3)11-16(14)18-8-15-10-21(27-4)23(29-6)22(28-5)17(15)12-24(13)18/h9-11,13,18H,7-8,12H2,1-6H3/t13-,18?/m0/s1. The van der Waals surface area contributed by atoms with Crippen LogP contribution in [0.25, 0.3) is 0 Å². The fourth-order valence-corrected chi connectivity index (χ4v) is 4.85. The largest absolute Gasteiger partial charge is 0.493 e. The molecule has 0 saturated carbocycles. The Bertz CT molecular complexity index is 926. The van der Waals surface area contributed by atoms with E-state index in [1.54, 1.807) is 35.5 Å². The summed E-state index contributed by atoms with van der Waals surface area (Å²) in [5.41, 5.74) is 5.04. The van der Waals surface area contributed by atoms with Crippen molar-refractivity contribution in [3.8, 4) is 28.7 Å². The van der Waals surface area contributed by atoms with Crippen LogP contribution in [0.3, 0.4) is 0 Å². The van der Waals surface area contributed by atoms with Crippen molar-refractivity contribution < 1.29 is 23.7 Å². The van der Waals surface area contributed by atoms with E-state index in [9.17, 15) is 0 Å². The zero-order chi connectivity index (χ0) is 20.7. The predicted octanol–water partition coefficient (Wildman–Crippen LogP) is 3.77. The minimum Gasteiger partial charge on any atom is -0.493 e. The number of fused-ring (bicyclic) bond motifs is 4. The van der Waals surface area contributed by atoms with Gasteiger partial charge >= 0.3 is 0 Å². The molecule has 2 aromatic carbocycles. The van der Waals surface area contributed by atoms with Crippen LogP contribution in [0.1, 0.15) is 35.2 Å². The fraction of sp³-hybridized carbons (Fsp3) is 0.478. The van der Waals surface area contributed by atoms with E-state index < -0.39 is 0 Å². The van der Waals surface area contributed by atoms with Crippen LogP contribution in [0.2, 0.25) is 0 Å². The smallest absolute Gasteiger partial charge is 0.203 e. The Balaban J connectivity index is 1.84. The highest BCUT2D eigenvalue weighted by Crippen LogP contribution is 2.49. The third-order valence-corrected chi connectivity index (χ3v) is 6.27. The minimum atomic E-state index is 0.267. The Hall–Kier alpha value is -2.60. The Morgan fingerprint density at radius 1 is 0.724 bits per heavy atom. The van der Waals surface area contributed by atoms with Crippen molar-refractivity contribution in [3.05, 3.63) is 40.5 Å². The van der Waals surface area contributed by atoms with Gasteiger partial charge in [0.15, 0.2) is 23.0 Å². The zero-order valence-corrected chi connectivity index (χ0v) is 18.0. The van der Waals surface area contributed by atoms with E-state index in [2.05, 4.69) is 30.0 Å². The molecule has 0 bridgehead atoms. The summed E-state index contributed by atoms with van der Waals surface area (Å²) >= 11 is 0. The van der Waals surface area contributed by atoms with Crippen LogP contribution in [0.15, 0.2) is 18.2 Å². The van der Waals surface area contributed by atoms with Gasteiger partial charge in [-0.15, -0.1) is 0 Å². The number of hydrogen-bond donors (Lipinski definition) is 0. The molecule has 0 spiro atoms. The number of methoxy groups -OCH3 is 5. The van der Waals surface area contributed by atoms with Crippen LogP contribution >= 0.6 is 0 Å². The summed E-state index contributed by atoms with van der Waals surface area (Å²) in [7, 11) is 8.37. The second-order valence-electron chi connectivity index (χ2n) is 7.63. The lowest BCUT2D eigenvalue weighted by molar-refractivity contribution is 0.103. The summed E-state index contributed by atoms with van der Waals surface area (Å²) < 4.78 is 28.1. The molecule has 6 nitrogen and oxygen atoms in total. The molecule has 0 fully saturated rings. The van der Waals surface area contributed by atoms with Crippen LogP contribution in [-0.2, 0) is 19.4 Å². The van der Waals surface area contributed by atoms with E-state index >= 15 is 0 Å². The molecule has 4 rings (SSSR count). The normalized spacial score (nSPS) is 20.2. The first kappa shape index (κ1) is 19.7. The van der Waals surface area contributed by atoms with E-state index in [1.165, 1.54) is 22.3 Å². The van der Waals surface area contributed by atoms with Gasteiger partial charge in [0, 0.05) is 24.2 Å². The SMILES string of the molecule is COc1cc2c(cc1OC)C1Cc3cc(OC)c(OC)c(OC)c3CN1[C@@H](C)C2. The van der Waals surface area contributed by atoms with Gasteiger partial charge in [0.25, 0.3) is 0 Å². The molecule has 2 aliphatic heterocycles. The molecular formula is C23H29NO5. The van der Waals surface area contributed by atoms with E-state index in [0.717, 1.165) is 36.6 Å². The van der Waals surface area contributed by atoms with E-state index in [-0.39, 0.29) is 6.04 Å². The molecule has 0 radical (unpaired) electrons. The maximum atomic E-state index is 5.76. The fourth-order valence-electron chi connectivity index (χ4n) is 4.85. The van der Waals surface area contributed by atoms with Crippen LogP contribution in [0.5, 0.6) is 28.7 Å². The highest BCUT2D eigenvalue weighted by molar-refractivity contribution is 5.61. The number of benzene rings is 2. The molecule has 29 heavy (non-hydrogen) atoms. The average molecular weight is 399 g/mol. The quantitative estimate of drug-likeness (QED) is 0.763. The van der Waals surface area contributed by atoms with Crippen molar-refractivity contribution in [2.24, 2.45) is 0 Å². The maximum absolute atomic E-state index is 5.76. The average Bonchev–Trinajstić information content (AvgIpc) is 2.75. The Kier molecular flexibility index (Phi) is 5.21. The van der Waals surface area contributed by atoms with Gasteiger partial charge in [0.1, 0.15) is 0 Å². The van der Waals surface area contributed by atoms with Crippen molar-refractivity contribution in [3.63, 3.8) is 0 Å². The molecule has 6 heteroatoms. The minimum absolute atomic E-state index is 0.267. The third kappa shape index (κ3) is 3.06. The molecule has 2 aliphatic rings. The lowest BCUT2D eigenvalue weighted by Crippen LogP contribution is -2.45. The van der Waals surface area contributed by atoms with Crippen LogP contribution in [-0.4, -0.2) is 46.5 Å². The van der Waals surface area contributed by atoms with Crippen LogP contribution < -0.4 is 23.7 Å². The summed E-state index contributed by atoms with van der Waals surface area (Å²) in [6.07, 6.45) is 1.84. The van der Waals surface area contributed by atoms with Gasteiger partial charge in [-0.3, -0.25) is 4.90 Å². The van der Waals surface area contributed by atoms with E-state index in [1.807, 2.05) is 0 Å². The molecule has 0 aliphatic carbocycles. The number of ether oxygens (including phenoxy) is 5. The van der Waals surface area contributed by atoms with Gasteiger partial charge in [-0.2, -0.15) is 0 Å². The zero-order valence-electron chi connectivity index (χ0n) is 18.0. The lowest BCUT2D eigenvalue weighted by atomic mass is 9.81. The predicted molar refractivity (Wildman–Crippen MR) is 111 cm³/mol. The molecule has 0 amide bonds. The number of hydrogen-bond acceptors (Lipinski definition) is 6. The Labute approximate surface area is 172 Å². The first-order valence-electron chi connectivity index (χ1n) is 9.87. The van der Waals surface area contributed by atoms with Crippen molar-refractivity contribution in [1.82, 2.24) is 4.90 Å². The van der Waals surface area contributed by atoms with Gasteiger partial charge in [-0.25, -0.2) is 0 Å². The first-order chi connectivity index (χ1) is 14.1. The topological polar surface area (TPSA) is 49.4 Å². The third-order valence-electron chi connectivity index (χ3n) is 6.27. The molecule has 156 valence electrons. The summed E-state index contributed by atoms with van der Waals surface area (Å²) in [4.78, 5) is 2.55. The second kappa shape index (κ2) is 7.67. The first-order valence-corrected chi connectivity index (χ1v) is 9.87. The van der Waals surface area contributed by atoms with Gasteiger partial charge in [-0.1, -0.05) is 0 Å². The van der Waals surface area contributed by atoms with Gasteiger partial charge in [0.05, 0.1) is 35.5 Å². The summed E-state index contributed by atoms with van der Waals surface area (Å²) in [5.74, 6) is 3.69. The van der Waals surface area contributed by atoms with Crippen molar-refractivity contribution in [2.75, 3.05) is 35.5 Å². The molecule has 0 saturated heterocycles. The van der Waals surface area contributed by atoms with E-state index in [4.69, 9.17) is 23.7 Å². The summed E-state index contributed by atoms with van der Waals surface area (Å²) in [5, 5.41) is 0. The maximum Gasteiger partial charge on any atom is 0.203 e. The Morgan fingerprint density at radius 3 is 1.97 bits per heavy atom. The highest BCUT2D eigenvalue weighted by Gasteiger charge is 2.39. The summed E-state index contributed by atoms with van der Waals surface area (Å²) in [6, 6.07) is 7.03. The second-order valence-corrected chi connectivity index (χ2v) is 7.63. The molecule has 2 heterocycles. The van der Waals surface area contributed by atoms with Crippen LogP contribution in [0, 0.1) is 0 Å². The Morgan fingerprint density at radius 2 is 1.34 bits per heavy atom. The summed E-state index contributed by atoms with van der Waals surface area (Å²) in [6.45, 7) is 3.09. The van der Waals surface area contributed by atoms with E-state index in [0.29, 0.717) is 17.5 Å². The molecule has 0 aromatic heterocycles. The molecule has 2 atom stereocenters. The van der Waals surface area contributed by atoms with Gasteiger partial charge in [0.2, 0.25) is 5.75 Å². The van der Waals surface area contributed by atoms with Gasteiger partial charge in [-0.05, 0) is 54.7 Å². The molecule has 0 N–H and O–H groups in total. The lowest BCUT2D eigenvalue weighted by Gasteiger charge is -2.46. The van der Waals surface area contributed by atoms with Crippen LogP contribution in [0.4, 0.5) is 0 Å². The molecule has 1 unspecified atom stereocenters. The number of rotatable bonds is 5. The monoisotopic (exact) mass is 399 g/mol. The van der Waals surface area contributed by atoms with Gasteiger partial charge < -0.3 is 23.7 Å². The number of nitrogens with zero attached hydrogens (tertiary/aromatic N) is 1.